The molecule has 0 aliphatic rings. The standard InChI is InChI=1S/C70H129N2O7P/c1-7-10-13-16-19-22-25-28-30-32-33-34-35-36-37-38-39-41-42-44-47-50-53-56-59-62-69(73)71-67(66-78-80(75,76)77-65-64-72(4,5)6)68(61-58-55-52-49-46-27-24-21-18-15-12-9-3)79-70(74)63-60-57-54-51-48-45-43-40-31-29-26-23-20-17-14-11-8-2/h19,22,28-31,33-34,36-37,58,61,67-68H,7-18,20-21,23-27,32,35,38-57,59-60,62-66H2,1-6H3,(H-,71,73,75,76)/p+1/b22-19-,30-28-,31-29+,34-33-,37-36-,61-58-. The highest BCUT2D eigenvalue weighted by Crippen LogP contribution is 2.43. The van der Waals surface area contributed by atoms with Crippen molar-refractivity contribution in [3.8, 4) is 0 Å². The molecule has 1 amide bonds. The van der Waals surface area contributed by atoms with E-state index in [4.69, 9.17) is 13.8 Å². The van der Waals surface area contributed by atoms with Crippen LogP contribution in [0.1, 0.15) is 310 Å². The zero-order chi connectivity index (χ0) is 58.6. The lowest BCUT2D eigenvalue weighted by molar-refractivity contribution is -0.870. The summed E-state index contributed by atoms with van der Waals surface area (Å²) in [5, 5.41) is 3.06. The van der Waals surface area contributed by atoms with Crippen molar-refractivity contribution in [2.75, 3.05) is 40.9 Å². The maximum Gasteiger partial charge on any atom is 0.472 e. The molecule has 0 aromatic heterocycles. The van der Waals surface area contributed by atoms with Crippen LogP contribution < -0.4 is 5.32 Å². The van der Waals surface area contributed by atoms with Crippen molar-refractivity contribution < 1.29 is 37.3 Å². The Labute approximate surface area is 495 Å². The summed E-state index contributed by atoms with van der Waals surface area (Å²) in [6.07, 6.45) is 77.5. The lowest BCUT2D eigenvalue weighted by atomic mass is 10.0. The van der Waals surface area contributed by atoms with Gasteiger partial charge >= 0.3 is 13.8 Å². The molecule has 0 aliphatic heterocycles. The number of nitrogens with zero attached hydrogens (tertiary/aromatic N) is 1. The summed E-state index contributed by atoms with van der Waals surface area (Å²) in [4.78, 5) is 37.8. The van der Waals surface area contributed by atoms with Crippen molar-refractivity contribution in [1.82, 2.24) is 5.32 Å². The number of nitrogens with one attached hydrogen (secondary N) is 1. The number of hydrogen-bond donors (Lipinski definition) is 2. The Hall–Kier alpha value is -2.55. The molecule has 0 fully saturated rings. The molecule has 2 N–H and O–H groups in total. The van der Waals surface area contributed by atoms with Gasteiger partial charge in [-0.1, -0.05) is 267 Å². The molecule has 9 nitrogen and oxygen atoms in total. The van der Waals surface area contributed by atoms with E-state index in [0.717, 1.165) is 96.3 Å². The van der Waals surface area contributed by atoms with Crippen LogP contribution >= 0.6 is 7.82 Å². The second-order valence-electron chi connectivity index (χ2n) is 24.0. The summed E-state index contributed by atoms with van der Waals surface area (Å²) >= 11 is 0. The van der Waals surface area contributed by atoms with Gasteiger partial charge < -0.3 is 19.4 Å². The highest BCUT2D eigenvalue weighted by atomic mass is 31.2. The van der Waals surface area contributed by atoms with Gasteiger partial charge in [0.1, 0.15) is 19.3 Å². The van der Waals surface area contributed by atoms with E-state index in [1.54, 1.807) is 0 Å². The van der Waals surface area contributed by atoms with Gasteiger partial charge in [0, 0.05) is 12.8 Å². The average Bonchev–Trinajstić information content (AvgIpc) is 3.42. The number of quaternary nitrogens is 1. The van der Waals surface area contributed by atoms with Gasteiger partial charge in [0.15, 0.2) is 0 Å². The minimum Gasteiger partial charge on any atom is -0.456 e. The molecule has 0 aliphatic carbocycles. The second kappa shape index (κ2) is 59.6. The van der Waals surface area contributed by atoms with Crippen molar-refractivity contribution in [1.29, 1.82) is 0 Å². The maximum atomic E-state index is 13.6. The number of phosphoric ester groups is 1. The van der Waals surface area contributed by atoms with Crippen molar-refractivity contribution in [3.05, 3.63) is 72.9 Å². The van der Waals surface area contributed by atoms with Crippen LogP contribution in [0.15, 0.2) is 72.9 Å². The van der Waals surface area contributed by atoms with E-state index in [0.29, 0.717) is 17.4 Å². The number of carbonyl (C=O) groups is 2. The van der Waals surface area contributed by atoms with Gasteiger partial charge in [-0.15, -0.1) is 0 Å². The van der Waals surface area contributed by atoms with E-state index in [-0.39, 0.29) is 31.5 Å². The van der Waals surface area contributed by atoms with Crippen LogP contribution in [0.25, 0.3) is 0 Å². The van der Waals surface area contributed by atoms with Gasteiger partial charge in [-0.3, -0.25) is 18.6 Å². The number of esters is 1. The number of carbonyl (C=O) groups excluding carboxylic acids is 2. The highest BCUT2D eigenvalue weighted by Gasteiger charge is 2.30. The minimum absolute atomic E-state index is 0.0366. The maximum absolute atomic E-state index is 13.6. The SMILES string of the molecule is CCCCC/C=C\C/C=C\C/C=C\C/C=C\CCCCCCCCCCCC(=O)NC(COP(=O)(O)OCC[N+](C)(C)C)C(/C=C\CCCCCCCCCCCC)OC(=O)CCCCCCCCC/C=C/CCCCCCCC. The van der Waals surface area contributed by atoms with E-state index >= 15 is 0 Å². The normalized spacial score (nSPS) is 14.0. The smallest absolute Gasteiger partial charge is 0.456 e. The van der Waals surface area contributed by atoms with Gasteiger partial charge in [0.2, 0.25) is 5.91 Å². The highest BCUT2D eigenvalue weighted by molar-refractivity contribution is 7.47. The first-order valence-electron chi connectivity index (χ1n) is 33.8. The van der Waals surface area contributed by atoms with Crippen LogP contribution in [0.5, 0.6) is 0 Å². The molecule has 0 aromatic carbocycles. The summed E-state index contributed by atoms with van der Waals surface area (Å²) in [7, 11) is 1.49. The molecule has 0 bridgehead atoms. The van der Waals surface area contributed by atoms with Crippen molar-refractivity contribution in [2.24, 2.45) is 0 Å². The Bertz CT molecular complexity index is 1600. The van der Waals surface area contributed by atoms with Gasteiger partial charge in [-0.25, -0.2) is 4.57 Å². The molecule has 466 valence electrons. The zero-order valence-electron chi connectivity index (χ0n) is 53.3. The predicted molar refractivity (Wildman–Crippen MR) is 346 cm³/mol. The fraction of sp³-hybridized carbons (Fsp3) is 0.800. The number of phosphoric acid groups is 1. The molecule has 10 heteroatoms. The predicted octanol–water partition coefficient (Wildman–Crippen LogP) is 21.2. The van der Waals surface area contributed by atoms with Gasteiger partial charge in [0.05, 0.1) is 33.8 Å². The number of amides is 1. The fourth-order valence-electron chi connectivity index (χ4n) is 9.63. The Kier molecular flexibility index (Phi) is 57.7. The minimum atomic E-state index is -4.46. The molecule has 0 saturated heterocycles. The van der Waals surface area contributed by atoms with E-state index in [1.165, 1.54) is 180 Å². The van der Waals surface area contributed by atoms with Crippen LogP contribution in [0, 0.1) is 0 Å². The second-order valence-corrected chi connectivity index (χ2v) is 25.4. The number of allylic oxidation sites excluding steroid dienone is 11. The Morgan fingerprint density at radius 1 is 0.438 bits per heavy atom. The summed E-state index contributed by atoms with van der Waals surface area (Å²) < 4.78 is 30.8. The van der Waals surface area contributed by atoms with E-state index in [9.17, 15) is 19.0 Å². The fourth-order valence-corrected chi connectivity index (χ4v) is 10.4. The van der Waals surface area contributed by atoms with Crippen LogP contribution in [0.3, 0.4) is 0 Å². The molecule has 80 heavy (non-hydrogen) atoms. The summed E-state index contributed by atoms with van der Waals surface area (Å²) in [5.74, 6) is -0.511. The van der Waals surface area contributed by atoms with Crippen molar-refractivity contribution in [2.45, 2.75) is 322 Å². The molecule has 0 spiro atoms. The number of likely N-dealkylation sites (N-methyl/N-ethyl adjacent to an activating group) is 1. The number of rotatable bonds is 61. The molecule has 3 atom stereocenters. The molecule has 0 radical (unpaired) electrons. The lowest BCUT2D eigenvalue weighted by Gasteiger charge is -2.27. The number of ether oxygens (including phenoxy) is 1. The van der Waals surface area contributed by atoms with Gasteiger partial charge in [-0.2, -0.15) is 0 Å². The van der Waals surface area contributed by atoms with E-state index in [2.05, 4.69) is 86.8 Å². The summed E-state index contributed by atoms with van der Waals surface area (Å²) in [6.45, 7) is 6.99. The Balaban J connectivity index is 5.14. The zero-order valence-corrected chi connectivity index (χ0v) is 54.2. The van der Waals surface area contributed by atoms with Crippen LogP contribution in [0.4, 0.5) is 0 Å². The third-order valence-corrected chi connectivity index (χ3v) is 15.9. The first kappa shape index (κ1) is 77.5. The third-order valence-electron chi connectivity index (χ3n) is 14.9. The topological polar surface area (TPSA) is 111 Å². The van der Waals surface area contributed by atoms with Gasteiger partial charge in [0.25, 0.3) is 0 Å². The van der Waals surface area contributed by atoms with Gasteiger partial charge in [-0.05, 0) is 102 Å². The first-order valence-corrected chi connectivity index (χ1v) is 35.3. The quantitative estimate of drug-likeness (QED) is 0.0205. The summed E-state index contributed by atoms with van der Waals surface area (Å²) in [6, 6.07) is -0.856. The van der Waals surface area contributed by atoms with Crippen LogP contribution in [-0.4, -0.2) is 74.3 Å². The van der Waals surface area contributed by atoms with Crippen molar-refractivity contribution in [3.63, 3.8) is 0 Å². The third kappa shape index (κ3) is 60.1. The number of hydrogen-bond acceptors (Lipinski definition) is 6. The Morgan fingerprint density at radius 2 is 0.762 bits per heavy atom. The lowest BCUT2D eigenvalue weighted by Crippen LogP contribution is -2.47. The monoisotopic (exact) mass is 1140 g/mol. The van der Waals surface area contributed by atoms with Crippen LogP contribution in [0.2, 0.25) is 0 Å². The summed E-state index contributed by atoms with van der Waals surface area (Å²) in [5.41, 5.74) is 0. The van der Waals surface area contributed by atoms with Crippen molar-refractivity contribution >= 4 is 19.7 Å². The molecule has 0 saturated carbocycles. The number of unbranched alkanes of at least 4 members (excludes halogenated alkanes) is 35. The molecular formula is C70H130N2O7P+. The molecule has 0 heterocycles. The van der Waals surface area contributed by atoms with E-state index < -0.39 is 20.0 Å². The largest absolute Gasteiger partial charge is 0.472 e. The average molecular weight is 1140 g/mol. The first-order chi connectivity index (χ1) is 38.9. The Morgan fingerprint density at radius 3 is 1.18 bits per heavy atom. The molecular weight excluding hydrogens is 1010 g/mol. The van der Waals surface area contributed by atoms with E-state index in [1.807, 2.05) is 33.3 Å². The molecule has 0 rings (SSSR count). The van der Waals surface area contributed by atoms with Crippen LogP contribution in [-0.2, 0) is 27.9 Å². The molecule has 0 aromatic rings. The molecule has 3 unspecified atom stereocenters.